The maximum absolute atomic E-state index is 9.44. The molecule has 3 nitrogen and oxygen atoms in total. The van der Waals surface area contributed by atoms with E-state index in [0.29, 0.717) is 0 Å². The second kappa shape index (κ2) is 3.09. The third-order valence-corrected chi connectivity index (χ3v) is 2.40. The Morgan fingerprint density at radius 1 is 1.73 bits per heavy atom. The minimum absolute atomic E-state index is 0.0764. The number of aliphatic hydroxyl groups is 1. The minimum Gasteiger partial charge on any atom is -0.389 e. The fourth-order valence-corrected chi connectivity index (χ4v) is 1.57. The number of hydrogen-bond acceptors (Lipinski definition) is 3. The molecule has 0 unspecified atom stereocenters. The maximum Gasteiger partial charge on any atom is 0.0928 e. The molecular formula is C8H17NO2. The molecule has 0 aromatic carbocycles. The van der Waals surface area contributed by atoms with E-state index >= 15 is 0 Å². The Balaban J connectivity index is 2.57. The van der Waals surface area contributed by atoms with Crippen molar-refractivity contribution in [3.63, 3.8) is 0 Å². The molecule has 0 spiro atoms. The molecule has 1 aliphatic rings. The molecule has 1 fully saturated rings. The molecule has 0 aliphatic carbocycles. The first-order valence-electron chi connectivity index (χ1n) is 4.07. The first kappa shape index (κ1) is 8.97. The number of hydrogen-bond donors (Lipinski definition) is 2. The highest BCUT2D eigenvalue weighted by molar-refractivity contribution is 4.89. The first-order chi connectivity index (χ1) is 5.08. The van der Waals surface area contributed by atoms with Crippen molar-refractivity contribution < 1.29 is 9.84 Å². The molecule has 11 heavy (non-hydrogen) atoms. The van der Waals surface area contributed by atoms with Gasteiger partial charge in [0, 0.05) is 13.2 Å². The lowest BCUT2D eigenvalue weighted by molar-refractivity contribution is -0.0348. The average Bonchev–Trinajstić information content (AvgIpc) is 2.28. The van der Waals surface area contributed by atoms with Crippen LogP contribution in [0.15, 0.2) is 0 Å². The fraction of sp³-hybridized carbons (Fsp3) is 1.00. The molecule has 3 heteroatoms. The highest BCUT2D eigenvalue weighted by atomic mass is 16.5. The molecule has 0 radical (unpaired) electrons. The smallest absolute Gasteiger partial charge is 0.0928 e. The molecule has 0 aromatic heterocycles. The van der Waals surface area contributed by atoms with Crippen molar-refractivity contribution in [1.82, 2.24) is 0 Å². The molecule has 1 saturated heterocycles. The van der Waals surface area contributed by atoms with E-state index in [2.05, 4.69) is 13.8 Å². The van der Waals surface area contributed by atoms with Gasteiger partial charge in [0.15, 0.2) is 0 Å². The highest BCUT2D eigenvalue weighted by Gasteiger charge is 2.39. The van der Waals surface area contributed by atoms with Crippen LogP contribution >= 0.6 is 0 Å². The lowest BCUT2D eigenvalue weighted by Gasteiger charge is -2.28. The van der Waals surface area contributed by atoms with Crippen molar-refractivity contribution in [3.8, 4) is 0 Å². The van der Waals surface area contributed by atoms with E-state index in [1.165, 1.54) is 0 Å². The summed E-state index contributed by atoms with van der Waals surface area (Å²) in [5.74, 6) is 0. The van der Waals surface area contributed by atoms with Crippen LogP contribution in [0.3, 0.4) is 0 Å². The molecule has 1 heterocycles. The summed E-state index contributed by atoms with van der Waals surface area (Å²) < 4.78 is 5.39. The predicted molar refractivity (Wildman–Crippen MR) is 43.2 cm³/mol. The molecule has 0 bridgehead atoms. The van der Waals surface area contributed by atoms with Crippen LogP contribution in [-0.4, -0.2) is 30.5 Å². The van der Waals surface area contributed by atoms with Crippen molar-refractivity contribution in [1.29, 1.82) is 0 Å². The van der Waals surface area contributed by atoms with Crippen molar-refractivity contribution >= 4 is 0 Å². The largest absolute Gasteiger partial charge is 0.389 e. The average molecular weight is 159 g/mol. The summed E-state index contributed by atoms with van der Waals surface area (Å²) >= 11 is 0. The molecule has 1 rings (SSSR count). The molecule has 3 N–H and O–H groups in total. The fourth-order valence-electron chi connectivity index (χ4n) is 1.57. The summed E-state index contributed by atoms with van der Waals surface area (Å²) in [5, 5.41) is 9.44. The summed E-state index contributed by atoms with van der Waals surface area (Å²) in [4.78, 5) is 0. The van der Waals surface area contributed by atoms with Gasteiger partial charge in [-0.1, -0.05) is 13.8 Å². The molecule has 0 aromatic rings. The second-order valence-corrected chi connectivity index (χ2v) is 3.83. The minimum atomic E-state index is -0.507. The summed E-state index contributed by atoms with van der Waals surface area (Å²) in [6.07, 6.45) is 0.425. The molecule has 2 atom stereocenters. The van der Waals surface area contributed by atoms with Crippen LogP contribution in [0.25, 0.3) is 0 Å². The van der Waals surface area contributed by atoms with Crippen molar-refractivity contribution in [2.24, 2.45) is 11.1 Å². The molecular weight excluding hydrogens is 142 g/mol. The summed E-state index contributed by atoms with van der Waals surface area (Å²) in [6, 6.07) is 0. The van der Waals surface area contributed by atoms with Gasteiger partial charge < -0.3 is 15.6 Å². The Morgan fingerprint density at radius 3 is 2.73 bits per heavy atom. The maximum atomic E-state index is 9.44. The van der Waals surface area contributed by atoms with Gasteiger partial charge in [0.05, 0.1) is 12.2 Å². The van der Waals surface area contributed by atoms with E-state index in [4.69, 9.17) is 10.5 Å². The van der Waals surface area contributed by atoms with Gasteiger partial charge >= 0.3 is 0 Å². The Hall–Kier alpha value is -0.120. The van der Waals surface area contributed by atoms with Crippen LogP contribution in [0.4, 0.5) is 0 Å². The number of nitrogens with two attached hydrogens (primary N) is 1. The lowest BCUT2D eigenvalue weighted by Crippen LogP contribution is -2.40. The number of rotatable bonds is 2. The Morgan fingerprint density at radius 2 is 2.36 bits per heavy atom. The van der Waals surface area contributed by atoms with Crippen LogP contribution in [-0.2, 0) is 4.74 Å². The van der Waals surface area contributed by atoms with Gasteiger partial charge in [-0.25, -0.2) is 0 Å². The van der Waals surface area contributed by atoms with E-state index in [1.807, 2.05) is 0 Å². The van der Waals surface area contributed by atoms with Crippen LogP contribution in [0.2, 0.25) is 0 Å². The van der Waals surface area contributed by atoms with Gasteiger partial charge in [0.2, 0.25) is 0 Å². The van der Waals surface area contributed by atoms with Gasteiger partial charge in [-0.3, -0.25) is 0 Å². The zero-order chi connectivity index (χ0) is 8.48. The van der Waals surface area contributed by atoms with Gasteiger partial charge in [0.25, 0.3) is 0 Å². The third kappa shape index (κ3) is 1.72. The standard InChI is InChI=1S/C8H17NO2/c1-8(2)3-4-11-7(8)6(10)5-9/h6-7,10H,3-5,9H2,1-2H3/t6-,7+/m1/s1. The van der Waals surface area contributed by atoms with Crippen LogP contribution in [0.1, 0.15) is 20.3 Å². The van der Waals surface area contributed by atoms with Gasteiger partial charge in [-0.2, -0.15) is 0 Å². The van der Waals surface area contributed by atoms with Gasteiger partial charge in [-0.15, -0.1) is 0 Å². The first-order valence-corrected chi connectivity index (χ1v) is 4.07. The van der Waals surface area contributed by atoms with E-state index in [1.54, 1.807) is 0 Å². The number of aliphatic hydroxyl groups excluding tert-OH is 1. The summed E-state index contributed by atoms with van der Waals surface area (Å²) in [7, 11) is 0. The normalized spacial score (nSPS) is 32.2. The van der Waals surface area contributed by atoms with E-state index in [9.17, 15) is 5.11 Å². The third-order valence-electron chi connectivity index (χ3n) is 2.40. The quantitative estimate of drug-likeness (QED) is 0.601. The second-order valence-electron chi connectivity index (χ2n) is 3.83. The molecule has 0 saturated carbocycles. The Kier molecular flexibility index (Phi) is 2.52. The SMILES string of the molecule is CC1(C)CCO[C@H]1[C@H](O)CN. The van der Waals surface area contributed by atoms with Crippen LogP contribution < -0.4 is 5.73 Å². The highest BCUT2D eigenvalue weighted by Crippen LogP contribution is 2.35. The summed E-state index contributed by atoms with van der Waals surface area (Å²) in [6.45, 7) is 5.23. The monoisotopic (exact) mass is 159 g/mol. The van der Waals surface area contributed by atoms with Crippen LogP contribution in [0, 0.1) is 5.41 Å². The van der Waals surface area contributed by atoms with Crippen molar-refractivity contribution in [2.75, 3.05) is 13.2 Å². The topological polar surface area (TPSA) is 55.5 Å². The Labute approximate surface area is 67.5 Å². The van der Waals surface area contributed by atoms with Gasteiger partial charge in [0.1, 0.15) is 0 Å². The van der Waals surface area contributed by atoms with E-state index < -0.39 is 6.10 Å². The molecule has 1 aliphatic heterocycles. The van der Waals surface area contributed by atoms with E-state index in [-0.39, 0.29) is 18.1 Å². The van der Waals surface area contributed by atoms with Crippen LogP contribution in [0.5, 0.6) is 0 Å². The number of ether oxygens (including phenoxy) is 1. The van der Waals surface area contributed by atoms with Gasteiger partial charge in [-0.05, 0) is 11.8 Å². The zero-order valence-corrected chi connectivity index (χ0v) is 7.21. The predicted octanol–water partition coefficient (Wildman–Crippen LogP) is 0.121. The zero-order valence-electron chi connectivity index (χ0n) is 7.21. The molecule has 66 valence electrons. The van der Waals surface area contributed by atoms with Crippen molar-refractivity contribution in [3.05, 3.63) is 0 Å². The lowest BCUT2D eigenvalue weighted by atomic mass is 9.83. The Bertz CT molecular complexity index is 136. The van der Waals surface area contributed by atoms with E-state index in [0.717, 1.165) is 13.0 Å². The van der Waals surface area contributed by atoms with Crippen molar-refractivity contribution in [2.45, 2.75) is 32.5 Å². The summed E-state index contributed by atoms with van der Waals surface area (Å²) in [5.41, 5.74) is 5.43. The molecule has 0 amide bonds.